The van der Waals surface area contributed by atoms with Gasteiger partial charge in [-0.3, -0.25) is 4.79 Å². The summed E-state index contributed by atoms with van der Waals surface area (Å²) >= 11 is 0. The Hall–Kier alpha value is -2.56. The molecule has 0 aliphatic rings. The summed E-state index contributed by atoms with van der Waals surface area (Å²) in [5, 5.41) is 11.5. The zero-order valence-corrected chi connectivity index (χ0v) is 11.2. The van der Waals surface area contributed by atoms with Gasteiger partial charge >= 0.3 is 11.9 Å². The molecule has 0 heterocycles. The van der Waals surface area contributed by atoms with Crippen molar-refractivity contribution in [2.75, 3.05) is 14.2 Å². The SMILES string of the molecule is COC(=O)Cc1cc2ccccc2c(O)c1C(=O)OC. The number of carbonyl (C=O) groups is 2. The number of phenols is 1. The maximum atomic E-state index is 11.8. The van der Waals surface area contributed by atoms with Crippen molar-refractivity contribution >= 4 is 22.7 Å². The molecule has 20 heavy (non-hydrogen) atoms. The summed E-state index contributed by atoms with van der Waals surface area (Å²) in [4.78, 5) is 23.3. The largest absolute Gasteiger partial charge is 0.506 e. The lowest BCUT2D eigenvalue weighted by atomic mass is 9.97. The first-order valence-corrected chi connectivity index (χ1v) is 5.97. The van der Waals surface area contributed by atoms with Crippen LogP contribution in [0.1, 0.15) is 15.9 Å². The standard InChI is InChI=1S/C15H14O5/c1-19-12(16)8-10-7-9-5-3-4-6-11(9)14(17)13(10)15(18)20-2/h3-7,17H,8H2,1-2H3. The molecule has 0 atom stereocenters. The molecule has 2 aromatic carbocycles. The van der Waals surface area contributed by atoms with Crippen molar-refractivity contribution in [2.45, 2.75) is 6.42 Å². The molecule has 5 heteroatoms. The topological polar surface area (TPSA) is 72.8 Å². The lowest BCUT2D eigenvalue weighted by Crippen LogP contribution is -2.11. The molecule has 2 aromatic rings. The minimum absolute atomic E-state index is 0.00315. The van der Waals surface area contributed by atoms with E-state index in [4.69, 9.17) is 0 Å². The second-order valence-corrected chi connectivity index (χ2v) is 4.22. The van der Waals surface area contributed by atoms with Crippen LogP contribution in [0.2, 0.25) is 0 Å². The first kappa shape index (κ1) is 13.9. The molecule has 0 unspecified atom stereocenters. The highest BCUT2D eigenvalue weighted by atomic mass is 16.5. The van der Waals surface area contributed by atoms with E-state index in [9.17, 15) is 14.7 Å². The number of carbonyl (C=O) groups excluding carboxylic acids is 2. The third-order valence-corrected chi connectivity index (χ3v) is 3.06. The fourth-order valence-electron chi connectivity index (χ4n) is 2.08. The van der Waals surface area contributed by atoms with Gasteiger partial charge in [-0.1, -0.05) is 24.3 Å². The van der Waals surface area contributed by atoms with Crippen molar-refractivity contribution in [1.29, 1.82) is 0 Å². The average molecular weight is 274 g/mol. The number of phenolic OH excluding ortho intramolecular Hbond substituents is 1. The molecule has 0 aliphatic carbocycles. The fraction of sp³-hybridized carbons (Fsp3) is 0.200. The van der Waals surface area contributed by atoms with Crippen LogP contribution in [0.4, 0.5) is 0 Å². The van der Waals surface area contributed by atoms with Gasteiger partial charge in [0, 0.05) is 5.39 Å². The summed E-state index contributed by atoms with van der Waals surface area (Å²) in [6, 6.07) is 8.72. The zero-order chi connectivity index (χ0) is 14.7. The number of hydrogen-bond acceptors (Lipinski definition) is 5. The second-order valence-electron chi connectivity index (χ2n) is 4.22. The number of hydrogen-bond donors (Lipinski definition) is 1. The predicted molar refractivity (Wildman–Crippen MR) is 72.7 cm³/mol. The summed E-state index contributed by atoms with van der Waals surface area (Å²) in [5.74, 6) is -1.37. The van der Waals surface area contributed by atoms with Crippen molar-refractivity contribution in [3.05, 3.63) is 41.5 Å². The van der Waals surface area contributed by atoms with Gasteiger partial charge in [-0.05, 0) is 17.0 Å². The van der Waals surface area contributed by atoms with E-state index in [0.29, 0.717) is 10.9 Å². The molecule has 5 nitrogen and oxygen atoms in total. The minimum atomic E-state index is -0.688. The van der Waals surface area contributed by atoms with Crippen LogP contribution in [-0.2, 0) is 20.7 Å². The van der Waals surface area contributed by atoms with Gasteiger partial charge in [-0.15, -0.1) is 0 Å². The van der Waals surface area contributed by atoms with Gasteiger partial charge in [0.1, 0.15) is 11.3 Å². The summed E-state index contributed by atoms with van der Waals surface area (Å²) in [6.45, 7) is 0. The van der Waals surface area contributed by atoms with E-state index in [1.165, 1.54) is 14.2 Å². The summed E-state index contributed by atoms with van der Waals surface area (Å²) in [6.07, 6.45) is -0.112. The van der Waals surface area contributed by atoms with Crippen molar-refractivity contribution in [2.24, 2.45) is 0 Å². The molecule has 0 aliphatic heterocycles. The molecule has 0 aromatic heterocycles. The molecule has 0 amide bonds. The molecule has 0 spiro atoms. The van der Waals surface area contributed by atoms with Crippen molar-refractivity contribution in [3.63, 3.8) is 0 Å². The minimum Gasteiger partial charge on any atom is -0.506 e. The molecule has 0 saturated carbocycles. The van der Waals surface area contributed by atoms with Gasteiger partial charge in [0.25, 0.3) is 0 Å². The maximum Gasteiger partial charge on any atom is 0.341 e. The van der Waals surface area contributed by atoms with Crippen LogP contribution < -0.4 is 0 Å². The van der Waals surface area contributed by atoms with Crippen LogP contribution in [0, 0.1) is 0 Å². The highest BCUT2D eigenvalue weighted by molar-refractivity contribution is 6.03. The molecule has 104 valence electrons. The van der Waals surface area contributed by atoms with Crippen LogP contribution in [0.3, 0.4) is 0 Å². The van der Waals surface area contributed by atoms with Crippen LogP contribution in [-0.4, -0.2) is 31.3 Å². The third-order valence-electron chi connectivity index (χ3n) is 3.06. The number of rotatable bonds is 3. The van der Waals surface area contributed by atoms with E-state index in [1.807, 2.05) is 6.07 Å². The summed E-state index contributed by atoms with van der Waals surface area (Å²) < 4.78 is 9.27. The average Bonchev–Trinajstić information content (AvgIpc) is 2.46. The van der Waals surface area contributed by atoms with E-state index < -0.39 is 11.9 Å². The van der Waals surface area contributed by atoms with Gasteiger partial charge in [-0.25, -0.2) is 4.79 Å². The van der Waals surface area contributed by atoms with E-state index in [-0.39, 0.29) is 17.7 Å². The van der Waals surface area contributed by atoms with Crippen LogP contribution in [0.15, 0.2) is 30.3 Å². The number of aromatic hydroxyl groups is 1. The zero-order valence-electron chi connectivity index (χ0n) is 11.2. The highest BCUT2D eigenvalue weighted by Crippen LogP contribution is 2.32. The lowest BCUT2D eigenvalue weighted by molar-refractivity contribution is -0.139. The molecule has 0 bridgehead atoms. The molecular weight excluding hydrogens is 260 g/mol. The fourth-order valence-corrected chi connectivity index (χ4v) is 2.08. The van der Waals surface area contributed by atoms with Crippen molar-refractivity contribution < 1.29 is 24.2 Å². The first-order chi connectivity index (χ1) is 9.58. The number of esters is 2. The third kappa shape index (κ3) is 2.42. The number of benzene rings is 2. The molecule has 2 rings (SSSR count). The second kappa shape index (κ2) is 5.61. The van der Waals surface area contributed by atoms with Gasteiger partial charge in [0.2, 0.25) is 0 Å². The Morgan fingerprint density at radius 3 is 2.50 bits per heavy atom. The van der Waals surface area contributed by atoms with E-state index in [2.05, 4.69) is 9.47 Å². The number of ether oxygens (including phenoxy) is 2. The Labute approximate surface area is 115 Å². The number of fused-ring (bicyclic) bond motifs is 1. The smallest absolute Gasteiger partial charge is 0.341 e. The lowest BCUT2D eigenvalue weighted by Gasteiger charge is -2.12. The molecule has 0 radical (unpaired) electrons. The van der Waals surface area contributed by atoms with Crippen LogP contribution in [0.25, 0.3) is 10.8 Å². The van der Waals surface area contributed by atoms with E-state index in [1.54, 1.807) is 24.3 Å². The molecule has 0 saturated heterocycles. The molecular formula is C15H14O5. The Morgan fingerprint density at radius 2 is 1.85 bits per heavy atom. The number of methoxy groups -OCH3 is 2. The Morgan fingerprint density at radius 1 is 1.15 bits per heavy atom. The van der Waals surface area contributed by atoms with Gasteiger partial charge in [0.05, 0.1) is 20.6 Å². The van der Waals surface area contributed by atoms with Crippen LogP contribution >= 0.6 is 0 Å². The van der Waals surface area contributed by atoms with Crippen molar-refractivity contribution in [3.8, 4) is 5.75 Å². The monoisotopic (exact) mass is 274 g/mol. The van der Waals surface area contributed by atoms with E-state index in [0.717, 1.165) is 5.39 Å². The summed E-state index contributed by atoms with van der Waals surface area (Å²) in [7, 11) is 2.49. The highest BCUT2D eigenvalue weighted by Gasteiger charge is 2.21. The van der Waals surface area contributed by atoms with Crippen molar-refractivity contribution in [1.82, 2.24) is 0 Å². The Kier molecular flexibility index (Phi) is 3.89. The summed E-state index contributed by atoms with van der Waals surface area (Å²) in [5.41, 5.74) is 0.372. The maximum absolute atomic E-state index is 11.8. The molecule has 0 fully saturated rings. The first-order valence-electron chi connectivity index (χ1n) is 5.97. The van der Waals surface area contributed by atoms with Gasteiger partial charge < -0.3 is 14.6 Å². The Bertz CT molecular complexity index is 675. The van der Waals surface area contributed by atoms with Crippen LogP contribution in [0.5, 0.6) is 5.75 Å². The predicted octanol–water partition coefficient (Wildman–Crippen LogP) is 2.05. The van der Waals surface area contributed by atoms with Gasteiger partial charge in [0.15, 0.2) is 0 Å². The Balaban J connectivity index is 2.69. The van der Waals surface area contributed by atoms with Gasteiger partial charge in [-0.2, -0.15) is 0 Å². The molecule has 1 N–H and O–H groups in total. The van der Waals surface area contributed by atoms with E-state index >= 15 is 0 Å². The normalized spacial score (nSPS) is 10.3. The quantitative estimate of drug-likeness (QED) is 0.867.